The van der Waals surface area contributed by atoms with E-state index >= 15 is 0 Å². The van der Waals surface area contributed by atoms with Crippen LogP contribution in [0, 0.1) is 6.92 Å². The summed E-state index contributed by atoms with van der Waals surface area (Å²) in [6.07, 6.45) is 0. The molecule has 0 radical (unpaired) electrons. The third-order valence-electron chi connectivity index (χ3n) is 1.72. The Hall–Kier alpha value is -0.260. The van der Waals surface area contributed by atoms with Gasteiger partial charge in [-0.05, 0) is 34.5 Å². The van der Waals surface area contributed by atoms with Crippen LogP contribution in [0.2, 0.25) is 0 Å². The quantitative estimate of drug-likeness (QED) is 0.789. The van der Waals surface area contributed by atoms with E-state index in [1.807, 2.05) is 0 Å². The van der Waals surface area contributed by atoms with Crippen molar-refractivity contribution in [1.29, 1.82) is 0 Å². The largest absolute Gasteiger partial charge is 0.495 e. The molecule has 1 rings (SSSR count). The molecular weight excluding hydrogens is 292 g/mol. The van der Waals surface area contributed by atoms with Gasteiger partial charge in [0.25, 0.3) is 9.05 Å². The van der Waals surface area contributed by atoms with E-state index in [1.165, 1.54) is 7.11 Å². The number of halogens is 2. The Balaban J connectivity index is 3.60. The molecule has 1 aromatic rings. The third-order valence-corrected chi connectivity index (χ3v) is 4.36. The van der Waals surface area contributed by atoms with Crippen LogP contribution in [-0.4, -0.2) is 15.5 Å². The third kappa shape index (κ3) is 2.21. The SMILES string of the molecule is COc1ccc(C)c(Br)c1S(=O)(=O)Cl. The molecule has 14 heavy (non-hydrogen) atoms. The lowest BCUT2D eigenvalue weighted by molar-refractivity contribution is 0.402. The van der Waals surface area contributed by atoms with Crippen LogP contribution < -0.4 is 4.74 Å². The molecule has 0 fully saturated rings. The Morgan fingerprint density at radius 2 is 2.00 bits per heavy atom. The maximum Gasteiger partial charge on any atom is 0.266 e. The summed E-state index contributed by atoms with van der Waals surface area (Å²) in [6.45, 7) is 1.77. The molecule has 0 aliphatic rings. The molecule has 0 atom stereocenters. The highest BCUT2D eigenvalue weighted by molar-refractivity contribution is 9.10. The highest BCUT2D eigenvalue weighted by Gasteiger charge is 2.21. The molecule has 0 aromatic heterocycles. The zero-order chi connectivity index (χ0) is 10.9. The molecule has 0 amide bonds. The van der Waals surface area contributed by atoms with E-state index < -0.39 is 9.05 Å². The Morgan fingerprint density at radius 3 is 2.43 bits per heavy atom. The lowest BCUT2D eigenvalue weighted by Crippen LogP contribution is -1.98. The number of ether oxygens (including phenoxy) is 1. The highest BCUT2D eigenvalue weighted by Crippen LogP contribution is 2.35. The van der Waals surface area contributed by atoms with Gasteiger partial charge in [0.1, 0.15) is 10.6 Å². The van der Waals surface area contributed by atoms with Crippen LogP contribution in [0.1, 0.15) is 5.56 Å². The molecule has 78 valence electrons. The Kier molecular flexibility index (Phi) is 3.44. The first-order chi connectivity index (χ1) is 6.38. The number of hydrogen-bond acceptors (Lipinski definition) is 3. The average Bonchev–Trinajstić information content (AvgIpc) is 2.07. The summed E-state index contributed by atoms with van der Waals surface area (Å²) in [4.78, 5) is -0.0262. The fraction of sp³-hybridized carbons (Fsp3) is 0.250. The molecule has 0 aliphatic heterocycles. The van der Waals surface area contributed by atoms with E-state index in [0.717, 1.165) is 5.56 Å². The number of rotatable bonds is 2. The van der Waals surface area contributed by atoms with Gasteiger partial charge in [0.15, 0.2) is 0 Å². The van der Waals surface area contributed by atoms with Crippen molar-refractivity contribution in [3.8, 4) is 5.75 Å². The second-order valence-corrected chi connectivity index (χ2v) is 5.96. The number of benzene rings is 1. The molecule has 0 spiro atoms. The minimum absolute atomic E-state index is 0.0262. The standard InChI is InChI=1S/C8H8BrClO3S/c1-5-3-4-6(13-2)8(7(5)9)14(10,11)12/h3-4H,1-2H3. The predicted molar refractivity (Wildman–Crippen MR) is 58.5 cm³/mol. The van der Waals surface area contributed by atoms with Gasteiger partial charge in [0.05, 0.1) is 7.11 Å². The second kappa shape index (κ2) is 4.08. The number of hydrogen-bond donors (Lipinski definition) is 0. The molecule has 0 saturated heterocycles. The van der Waals surface area contributed by atoms with E-state index in [0.29, 0.717) is 4.47 Å². The zero-order valence-electron chi connectivity index (χ0n) is 7.54. The van der Waals surface area contributed by atoms with E-state index in [-0.39, 0.29) is 10.6 Å². The predicted octanol–water partition coefficient (Wildman–Crippen LogP) is 2.69. The van der Waals surface area contributed by atoms with Crippen LogP contribution >= 0.6 is 26.6 Å². The van der Waals surface area contributed by atoms with Crippen molar-refractivity contribution in [3.63, 3.8) is 0 Å². The maximum atomic E-state index is 11.2. The highest BCUT2D eigenvalue weighted by atomic mass is 79.9. The Labute approximate surface area is 95.6 Å². The summed E-state index contributed by atoms with van der Waals surface area (Å²) in [6, 6.07) is 3.31. The topological polar surface area (TPSA) is 43.4 Å². The Morgan fingerprint density at radius 1 is 1.43 bits per heavy atom. The maximum absolute atomic E-state index is 11.2. The van der Waals surface area contributed by atoms with E-state index in [2.05, 4.69) is 15.9 Å². The van der Waals surface area contributed by atoms with Crippen LogP contribution in [0.25, 0.3) is 0 Å². The first kappa shape index (κ1) is 11.8. The van der Waals surface area contributed by atoms with Gasteiger partial charge < -0.3 is 4.74 Å². The van der Waals surface area contributed by atoms with Gasteiger partial charge in [-0.1, -0.05) is 6.07 Å². The van der Waals surface area contributed by atoms with Gasteiger partial charge in [0, 0.05) is 15.2 Å². The normalized spacial score (nSPS) is 11.4. The van der Waals surface area contributed by atoms with E-state index in [9.17, 15) is 8.42 Å². The van der Waals surface area contributed by atoms with Crippen molar-refractivity contribution >= 4 is 35.7 Å². The van der Waals surface area contributed by atoms with Crippen molar-refractivity contribution in [3.05, 3.63) is 22.2 Å². The molecule has 0 saturated carbocycles. The molecule has 3 nitrogen and oxygen atoms in total. The van der Waals surface area contributed by atoms with E-state index in [4.69, 9.17) is 15.4 Å². The summed E-state index contributed by atoms with van der Waals surface area (Å²) in [7, 11) is 2.88. The van der Waals surface area contributed by atoms with Gasteiger partial charge in [0.2, 0.25) is 0 Å². The number of aryl methyl sites for hydroxylation is 1. The summed E-state index contributed by atoms with van der Waals surface area (Å²) in [5, 5.41) is 0. The van der Waals surface area contributed by atoms with Crippen LogP contribution in [0.5, 0.6) is 5.75 Å². The van der Waals surface area contributed by atoms with Gasteiger partial charge in [-0.2, -0.15) is 0 Å². The molecule has 0 aliphatic carbocycles. The van der Waals surface area contributed by atoms with Crippen molar-refractivity contribution in [1.82, 2.24) is 0 Å². The molecule has 6 heteroatoms. The van der Waals surface area contributed by atoms with Crippen molar-refractivity contribution in [2.24, 2.45) is 0 Å². The van der Waals surface area contributed by atoms with Crippen LogP contribution in [-0.2, 0) is 9.05 Å². The van der Waals surface area contributed by atoms with Gasteiger partial charge >= 0.3 is 0 Å². The minimum atomic E-state index is -3.80. The second-order valence-electron chi connectivity index (χ2n) is 2.67. The van der Waals surface area contributed by atoms with Crippen molar-refractivity contribution in [2.45, 2.75) is 11.8 Å². The Bertz CT molecular complexity index is 456. The summed E-state index contributed by atoms with van der Waals surface area (Å²) in [5.74, 6) is 0.234. The van der Waals surface area contributed by atoms with Crippen LogP contribution in [0.15, 0.2) is 21.5 Å². The first-order valence-corrected chi connectivity index (χ1v) is 6.76. The molecule has 0 heterocycles. The summed E-state index contributed by atoms with van der Waals surface area (Å²) >= 11 is 3.16. The van der Waals surface area contributed by atoms with Gasteiger partial charge in [-0.25, -0.2) is 8.42 Å². The van der Waals surface area contributed by atoms with Crippen LogP contribution in [0.3, 0.4) is 0 Å². The average molecular weight is 300 g/mol. The molecule has 0 unspecified atom stereocenters. The summed E-state index contributed by atoms with van der Waals surface area (Å²) < 4.78 is 27.8. The number of methoxy groups -OCH3 is 1. The van der Waals surface area contributed by atoms with Gasteiger partial charge in [-0.3, -0.25) is 0 Å². The van der Waals surface area contributed by atoms with Crippen molar-refractivity contribution in [2.75, 3.05) is 7.11 Å². The monoisotopic (exact) mass is 298 g/mol. The fourth-order valence-electron chi connectivity index (χ4n) is 1.02. The van der Waals surface area contributed by atoms with E-state index in [1.54, 1.807) is 19.1 Å². The molecular formula is C8H8BrClO3S. The summed E-state index contributed by atoms with van der Waals surface area (Å²) in [5.41, 5.74) is 0.782. The lowest BCUT2D eigenvalue weighted by Gasteiger charge is -2.09. The lowest BCUT2D eigenvalue weighted by atomic mass is 10.2. The molecule has 0 N–H and O–H groups in total. The minimum Gasteiger partial charge on any atom is -0.495 e. The van der Waals surface area contributed by atoms with Crippen LogP contribution in [0.4, 0.5) is 0 Å². The molecule has 1 aromatic carbocycles. The smallest absolute Gasteiger partial charge is 0.266 e. The zero-order valence-corrected chi connectivity index (χ0v) is 10.7. The van der Waals surface area contributed by atoms with Crippen molar-refractivity contribution < 1.29 is 13.2 Å². The van der Waals surface area contributed by atoms with Gasteiger partial charge in [-0.15, -0.1) is 0 Å². The molecule has 0 bridgehead atoms. The fourth-order valence-corrected chi connectivity index (χ4v) is 3.50. The first-order valence-electron chi connectivity index (χ1n) is 3.65.